The molecular weight excluding hydrogens is 410 g/mol. The Hall–Kier alpha value is -2.42. The van der Waals surface area contributed by atoms with Crippen molar-refractivity contribution in [2.24, 2.45) is 11.8 Å². The highest BCUT2D eigenvalue weighted by atomic mass is 35.5. The number of nitrogens with one attached hydrogen (secondary N) is 1. The Kier molecular flexibility index (Phi) is 6.50. The summed E-state index contributed by atoms with van der Waals surface area (Å²) in [6, 6.07) is 6.45. The molecule has 9 heteroatoms. The Morgan fingerprint density at radius 1 is 1.33 bits per heavy atom. The number of β-lactam (4-membered cyclic amide) rings is 1. The first-order valence-corrected chi connectivity index (χ1v) is 10.2. The molecule has 3 rings (SSSR count). The molecule has 3 N–H and O–H groups in total. The number of hydrogen-bond acceptors (Lipinski definition) is 5. The van der Waals surface area contributed by atoms with Crippen LogP contribution in [0.3, 0.4) is 0 Å². The Labute approximate surface area is 180 Å². The number of aliphatic hydroxyl groups excluding tert-OH is 1. The van der Waals surface area contributed by atoms with Crippen molar-refractivity contribution in [3.8, 4) is 0 Å². The molecule has 1 saturated heterocycles. The van der Waals surface area contributed by atoms with E-state index in [1.165, 1.54) is 4.90 Å². The van der Waals surface area contributed by atoms with Gasteiger partial charge in [0.1, 0.15) is 5.70 Å². The molecule has 0 aromatic heterocycles. The number of likely N-dealkylation sites (N-methyl/N-ethyl adjacent to an activating group) is 1. The summed E-state index contributed by atoms with van der Waals surface area (Å²) in [5.41, 5.74) is 1.07. The van der Waals surface area contributed by atoms with Gasteiger partial charge in [0, 0.05) is 25.6 Å². The van der Waals surface area contributed by atoms with Gasteiger partial charge in [0.15, 0.2) is 0 Å². The normalized spacial score (nSPS) is 24.0. The van der Waals surface area contributed by atoms with Gasteiger partial charge < -0.3 is 25.3 Å². The number of fused-ring (bicyclic) bond motifs is 1. The minimum absolute atomic E-state index is 0.0151. The maximum Gasteiger partial charge on any atom is 0.352 e. The monoisotopic (exact) mass is 435 g/mol. The largest absolute Gasteiger partial charge is 0.477 e. The molecule has 2 heterocycles. The van der Waals surface area contributed by atoms with Crippen LogP contribution in [-0.4, -0.2) is 76.6 Å². The van der Waals surface area contributed by atoms with E-state index in [1.54, 1.807) is 31.2 Å². The first kappa shape index (κ1) is 22.3. The van der Waals surface area contributed by atoms with Crippen LogP contribution in [0.2, 0.25) is 5.02 Å². The number of carboxylic acid groups (broad SMARTS) is 1. The molecule has 1 fully saturated rings. The van der Waals surface area contributed by atoms with E-state index in [-0.39, 0.29) is 29.5 Å². The molecule has 30 heavy (non-hydrogen) atoms. The predicted molar refractivity (Wildman–Crippen MR) is 111 cm³/mol. The van der Waals surface area contributed by atoms with Crippen LogP contribution < -0.4 is 5.32 Å². The van der Waals surface area contributed by atoms with E-state index in [9.17, 15) is 24.6 Å². The van der Waals surface area contributed by atoms with Gasteiger partial charge in [0.05, 0.1) is 28.6 Å². The maximum atomic E-state index is 12.4. The van der Waals surface area contributed by atoms with Crippen molar-refractivity contribution in [3.05, 3.63) is 46.1 Å². The van der Waals surface area contributed by atoms with Crippen molar-refractivity contribution in [3.63, 3.8) is 0 Å². The summed E-state index contributed by atoms with van der Waals surface area (Å²) in [6.45, 7) is 4.62. The first-order chi connectivity index (χ1) is 14.1. The van der Waals surface area contributed by atoms with Crippen LogP contribution >= 0.6 is 11.6 Å². The number of amides is 2. The zero-order chi connectivity index (χ0) is 22.2. The molecule has 0 spiro atoms. The van der Waals surface area contributed by atoms with Gasteiger partial charge in [-0.05, 0) is 31.7 Å². The summed E-state index contributed by atoms with van der Waals surface area (Å²) in [5.74, 6) is -2.51. The van der Waals surface area contributed by atoms with Crippen molar-refractivity contribution >= 4 is 29.4 Å². The second kappa shape index (κ2) is 8.75. The van der Waals surface area contributed by atoms with Crippen LogP contribution in [0.5, 0.6) is 0 Å². The summed E-state index contributed by atoms with van der Waals surface area (Å²) >= 11 is 6.03. The van der Waals surface area contributed by atoms with Crippen molar-refractivity contribution in [2.45, 2.75) is 26.0 Å². The van der Waals surface area contributed by atoms with Crippen LogP contribution in [0.15, 0.2) is 35.5 Å². The number of carbonyl (C=O) groups excluding carboxylic acids is 2. The smallest absolute Gasteiger partial charge is 0.352 e. The van der Waals surface area contributed by atoms with E-state index in [1.807, 2.05) is 18.9 Å². The number of aliphatic hydroxyl groups is 1. The van der Waals surface area contributed by atoms with Crippen molar-refractivity contribution in [1.82, 2.24) is 15.1 Å². The molecule has 1 aromatic carbocycles. The topological polar surface area (TPSA) is 110 Å². The van der Waals surface area contributed by atoms with Gasteiger partial charge in [0.25, 0.3) is 5.91 Å². The molecule has 0 bridgehead atoms. The Morgan fingerprint density at radius 3 is 2.60 bits per heavy atom. The molecule has 2 amide bonds. The number of benzene rings is 1. The van der Waals surface area contributed by atoms with Crippen LogP contribution in [0.4, 0.5) is 0 Å². The molecular formula is C21H26ClN3O5. The summed E-state index contributed by atoms with van der Waals surface area (Å²) < 4.78 is 0. The van der Waals surface area contributed by atoms with Gasteiger partial charge in [-0.1, -0.05) is 30.7 Å². The van der Waals surface area contributed by atoms with E-state index in [0.29, 0.717) is 35.8 Å². The van der Waals surface area contributed by atoms with Crippen LogP contribution in [0.1, 0.15) is 24.2 Å². The van der Waals surface area contributed by atoms with Gasteiger partial charge in [-0.3, -0.25) is 9.59 Å². The Morgan fingerprint density at radius 2 is 2.00 bits per heavy atom. The molecule has 0 aliphatic carbocycles. The van der Waals surface area contributed by atoms with E-state index >= 15 is 0 Å². The number of carboxylic acids is 1. The lowest BCUT2D eigenvalue weighted by atomic mass is 9.77. The Balaban J connectivity index is 1.62. The lowest BCUT2D eigenvalue weighted by molar-refractivity contribution is -0.163. The standard InChI is InChI=1S/C21H26ClN3O5/c1-11-14(18(21(29)30)25-17(11)16(12(2)26)20(25)28)10-24(3)9-8-23-19(27)13-6-4-5-7-15(13)22/h4-7,11-12,16-17,26H,8-10H2,1-3H3,(H,23,27)(H,29,30)/t11?,12?,16?,17-/m1/s1. The van der Waals surface area contributed by atoms with Gasteiger partial charge >= 0.3 is 5.97 Å². The molecule has 0 radical (unpaired) electrons. The zero-order valence-corrected chi connectivity index (χ0v) is 17.9. The predicted octanol–water partition coefficient (Wildman–Crippen LogP) is 1.20. The number of halogens is 1. The van der Waals surface area contributed by atoms with E-state index in [4.69, 9.17) is 11.6 Å². The number of carbonyl (C=O) groups is 3. The second-order valence-corrected chi connectivity index (χ2v) is 8.31. The SMILES string of the molecule is CC(O)C1C(=O)N2C(C(=O)O)=C(CN(C)CCNC(=O)c3ccccc3Cl)C(C)[C@H]12. The van der Waals surface area contributed by atoms with Crippen LogP contribution in [0.25, 0.3) is 0 Å². The minimum Gasteiger partial charge on any atom is -0.477 e. The fourth-order valence-corrected chi connectivity index (χ4v) is 4.55. The lowest BCUT2D eigenvalue weighted by Crippen LogP contribution is -2.63. The van der Waals surface area contributed by atoms with E-state index < -0.39 is 18.0 Å². The van der Waals surface area contributed by atoms with Crippen molar-refractivity contribution < 1.29 is 24.6 Å². The zero-order valence-electron chi connectivity index (χ0n) is 17.1. The highest BCUT2D eigenvalue weighted by Gasteiger charge is 2.59. The molecule has 0 saturated carbocycles. The van der Waals surface area contributed by atoms with Crippen LogP contribution in [0, 0.1) is 11.8 Å². The Bertz CT molecular complexity index is 900. The fraction of sp³-hybridized carbons (Fsp3) is 0.476. The summed E-state index contributed by atoms with van der Waals surface area (Å²) in [4.78, 5) is 39.7. The van der Waals surface area contributed by atoms with Gasteiger partial charge in [-0.15, -0.1) is 0 Å². The molecule has 3 unspecified atom stereocenters. The minimum atomic E-state index is -1.14. The number of nitrogens with zero attached hydrogens (tertiary/aromatic N) is 2. The average molecular weight is 436 g/mol. The quantitative estimate of drug-likeness (QED) is 0.529. The second-order valence-electron chi connectivity index (χ2n) is 7.91. The molecule has 162 valence electrons. The van der Waals surface area contributed by atoms with Gasteiger partial charge in [-0.25, -0.2) is 4.79 Å². The molecule has 4 atom stereocenters. The number of aliphatic carboxylic acids is 1. The summed E-state index contributed by atoms with van der Waals surface area (Å²) in [7, 11) is 1.82. The molecule has 1 aromatic rings. The van der Waals surface area contributed by atoms with E-state index in [2.05, 4.69) is 5.32 Å². The fourth-order valence-electron chi connectivity index (χ4n) is 4.32. The maximum absolute atomic E-state index is 12.4. The number of rotatable bonds is 8. The third kappa shape index (κ3) is 3.95. The van der Waals surface area contributed by atoms with Crippen molar-refractivity contribution in [1.29, 1.82) is 0 Å². The van der Waals surface area contributed by atoms with Crippen molar-refractivity contribution in [2.75, 3.05) is 26.7 Å². The van der Waals surface area contributed by atoms with Gasteiger partial charge in [0.2, 0.25) is 5.91 Å². The first-order valence-electron chi connectivity index (χ1n) is 9.83. The van der Waals surface area contributed by atoms with Gasteiger partial charge in [-0.2, -0.15) is 0 Å². The van der Waals surface area contributed by atoms with Crippen LogP contribution in [-0.2, 0) is 9.59 Å². The summed E-state index contributed by atoms with van der Waals surface area (Å²) in [5, 5.41) is 22.8. The molecule has 2 aliphatic rings. The number of hydrogen-bond donors (Lipinski definition) is 3. The lowest BCUT2D eigenvalue weighted by Gasteiger charge is -2.46. The summed E-state index contributed by atoms with van der Waals surface area (Å²) in [6.07, 6.45) is -0.826. The van der Waals surface area contributed by atoms with E-state index in [0.717, 1.165) is 0 Å². The highest BCUT2D eigenvalue weighted by Crippen LogP contribution is 2.47. The third-order valence-corrected chi connectivity index (χ3v) is 6.19. The third-order valence-electron chi connectivity index (χ3n) is 5.86. The molecule has 2 aliphatic heterocycles. The average Bonchev–Trinajstić information content (AvgIpc) is 2.90. The highest BCUT2D eigenvalue weighted by molar-refractivity contribution is 6.33. The molecule has 8 nitrogen and oxygen atoms in total.